The molecule has 8 rings (SSSR count). The molecule has 0 aliphatic carbocycles. The van der Waals surface area contributed by atoms with Gasteiger partial charge in [-0.05, 0) is 76.8 Å². The van der Waals surface area contributed by atoms with E-state index in [9.17, 15) is 19.2 Å². The van der Waals surface area contributed by atoms with E-state index in [1.54, 1.807) is 14.1 Å². The Balaban J connectivity index is 0.914. The molecule has 2 fully saturated rings. The van der Waals surface area contributed by atoms with E-state index in [1.165, 1.54) is 12.0 Å². The smallest absolute Gasteiger partial charge is 0.410 e. The summed E-state index contributed by atoms with van der Waals surface area (Å²) in [5, 5.41) is 4.91. The summed E-state index contributed by atoms with van der Waals surface area (Å²) in [6.45, 7) is 4.99. The van der Waals surface area contributed by atoms with Crippen LogP contribution >= 0.6 is 0 Å². The summed E-state index contributed by atoms with van der Waals surface area (Å²) < 4.78 is 10.5. The molecule has 62 heavy (non-hydrogen) atoms. The van der Waals surface area contributed by atoms with E-state index in [4.69, 9.17) is 19.5 Å². The Morgan fingerprint density at radius 3 is 2.10 bits per heavy atom. The summed E-state index contributed by atoms with van der Waals surface area (Å²) in [5.74, 6) is 0.257. The zero-order chi connectivity index (χ0) is 43.5. The van der Waals surface area contributed by atoms with Gasteiger partial charge in [-0.25, -0.2) is 14.6 Å². The Hall–Kier alpha value is -6.76. The SMILES string of the molecule is COC(=O)N[C@H](C(=O)N1CCC[C@H]1c1ncc(-c2ccc3cc(-c4ccc(C5=CN=C([C@@H]6CCCN6C(=O)[C@H](OC(=O)N(C)C)c6ccccc6)C5)cc4)ccc3c2)[nH]1)C(C)C. The van der Waals surface area contributed by atoms with Gasteiger partial charge in [0.25, 0.3) is 5.91 Å². The number of H-pyrrole nitrogens is 1. The number of allylic oxidation sites excluding steroid dienone is 1. The van der Waals surface area contributed by atoms with Crippen molar-refractivity contribution < 1.29 is 28.7 Å². The summed E-state index contributed by atoms with van der Waals surface area (Å²) in [6, 6.07) is 29.5. The standard InChI is InChI=1S/C49H53N7O6/c1-30(2)43(53-48(59)61-5)46(57)56-24-10-14-42(56)45-51-29-40(52-45)37-22-21-35-25-34(19-20-36(35)26-37)31-15-17-32(18-16-31)38-27-39(50-28-38)41-13-9-23-55(41)47(58)44(62-49(60)54(3)4)33-11-7-6-8-12-33/h6-8,11-12,15-22,25-26,28-30,41-44H,9-10,13-14,23-24,27H2,1-5H3,(H,51,52)(H,53,59)/t41-,42-,43-,44+/m0/s1. The topological polar surface area (TPSA) is 150 Å². The molecule has 1 aromatic heterocycles. The van der Waals surface area contributed by atoms with Crippen LogP contribution in [-0.4, -0.2) is 101 Å². The van der Waals surface area contributed by atoms with E-state index < -0.39 is 24.3 Å². The van der Waals surface area contributed by atoms with Crippen molar-refractivity contribution in [2.45, 2.75) is 70.2 Å². The second kappa shape index (κ2) is 18.1. The highest BCUT2D eigenvalue weighted by atomic mass is 16.6. The number of nitrogens with zero attached hydrogens (tertiary/aromatic N) is 5. The van der Waals surface area contributed by atoms with Crippen molar-refractivity contribution in [2.75, 3.05) is 34.3 Å². The van der Waals surface area contributed by atoms with Gasteiger partial charge < -0.3 is 34.5 Å². The predicted octanol–water partition coefficient (Wildman–Crippen LogP) is 8.56. The average Bonchev–Trinajstić information content (AvgIpc) is 4.14. The number of nitrogens with one attached hydrogen (secondary N) is 2. The lowest BCUT2D eigenvalue weighted by molar-refractivity contribution is -0.141. The summed E-state index contributed by atoms with van der Waals surface area (Å²) >= 11 is 0. The molecule has 320 valence electrons. The van der Waals surface area contributed by atoms with E-state index in [0.717, 1.165) is 81.5 Å². The van der Waals surface area contributed by atoms with Gasteiger partial charge in [0, 0.05) is 56.6 Å². The maximum absolute atomic E-state index is 14.0. The van der Waals surface area contributed by atoms with Gasteiger partial charge in [0.05, 0.1) is 31.1 Å². The second-order valence-electron chi connectivity index (χ2n) is 16.8. The molecule has 4 heterocycles. The summed E-state index contributed by atoms with van der Waals surface area (Å²) in [5.41, 5.74) is 7.84. The third-order valence-corrected chi connectivity index (χ3v) is 12.2. The van der Waals surface area contributed by atoms with Crippen molar-refractivity contribution >= 4 is 46.1 Å². The maximum atomic E-state index is 14.0. The number of fused-ring (bicyclic) bond motifs is 1. The van der Waals surface area contributed by atoms with Crippen molar-refractivity contribution in [1.29, 1.82) is 0 Å². The highest BCUT2D eigenvalue weighted by Crippen LogP contribution is 2.36. The number of alkyl carbamates (subject to hydrolysis) is 1. The Kier molecular flexibility index (Phi) is 12.2. The van der Waals surface area contributed by atoms with E-state index in [0.29, 0.717) is 25.1 Å². The van der Waals surface area contributed by atoms with E-state index in [2.05, 4.69) is 71.0 Å². The first kappa shape index (κ1) is 42.0. The second-order valence-corrected chi connectivity index (χ2v) is 16.8. The zero-order valence-corrected chi connectivity index (χ0v) is 35.8. The lowest BCUT2D eigenvalue weighted by atomic mass is 9.95. The molecule has 13 heteroatoms. The molecule has 2 N–H and O–H groups in total. The number of amides is 4. The zero-order valence-electron chi connectivity index (χ0n) is 35.8. The fourth-order valence-corrected chi connectivity index (χ4v) is 8.77. The van der Waals surface area contributed by atoms with Gasteiger partial charge in [0.15, 0.2) is 0 Å². The molecule has 5 aromatic rings. The number of hydrogen-bond donors (Lipinski definition) is 2. The quantitative estimate of drug-likeness (QED) is 0.135. The van der Waals surface area contributed by atoms with Crippen molar-refractivity contribution in [3.63, 3.8) is 0 Å². The number of likely N-dealkylation sites (tertiary alicyclic amines) is 2. The molecule has 3 aliphatic rings. The lowest BCUT2D eigenvalue weighted by Crippen LogP contribution is -2.51. The van der Waals surface area contributed by atoms with Gasteiger partial charge in [-0.3, -0.25) is 14.6 Å². The molecule has 4 aromatic carbocycles. The molecule has 13 nitrogen and oxygen atoms in total. The molecule has 0 radical (unpaired) electrons. The largest absolute Gasteiger partial charge is 0.453 e. The molecule has 0 spiro atoms. The Morgan fingerprint density at radius 1 is 0.790 bits per heavy atom. The van der Waals surface area contributed by atoms with Gasteiger partial charge in [-0.15, -0.1) is 0 Å². The van der Waals surface area contributed by atoms with Crippen LogP contribution in [0.5, 0.6) is 0 Å². The number of aliphatic imine (C=N–C) groups is 1. The van der Waals surface area contributed by atoms with Crippen LogP contribution in [0.4, 0.5) is 9.59 Å². The number of aromatic amines is 1. The van der Waals surface area contributed by atoms with E-state index >= 15 is 0 Å². The molecular weight excluding hydrogens is 783 g/mol. The molecule has 0 unspecified atom stereocenters. The first-order valence-electron chi connectivity index (χ1n) is 21.3. The minimum atomic E-state index is -1.04. The van der Waals surface area contributed by atoms with Crippen LogP contribution in [0.3, 0.4) is 0 Å². The summed E-state index contributed by atoms with van der Waals surface area (Å²) in [7, 11) is 4.50. The molecule has 4 atom stereocenters. The number of rotatable bonds is 11. The Labute approximate surface area is 361 Å². The minimum absolute atomic E-state index is 0.106. The number of hydrogen-bond acceptors (Lipinski definition) is 8. The summed E-state index contributed by atoms with van der Waals surface area (Å²) in [6.07, 6.45) is 5.44. The fourth-order valence-electron chi connectivity index (χ4n) is 8.77. The molecule has 4 amide bonds. The van der Waals surface area contributed by atoms with Crippen molar-refractivity contribution in [3.8, 4) is 22.4 Å². The van der Waals surface area contributed by atoms with Crippen LogP contribution in [0.15, 0.2) is 108 Å². The molecular formula is C49H53N7O6. The molecule has 2 saturated heterocycles. The third-order valence-electron chi connectivity index (χ3n) is 12.2. The van der Waals surface area contributed by atoms with Gasteiger partial charge >= 0.3 is 12.2 Å². The minimum Gasteiger partial charge on any atom is -0.453 e. The molecule has 0 saturated carbocycles. The first-order valence-corrected chi connectivity index (χ1v) is 21.3. The van der Waals surface area contributed by atoms with Crippen LogP contribution in [0.1, 0.15) is 75.0 Å². The van der Waals surface area contributed by atoms with Crippen LogP contribution in [0.2, 0.25) is 0 Å². The molecule has 3 aliphatic heterocycles. The van der Waals surface area contributed by atoms with Crippen LogP contribution in [0.25, 0.3) is 38.7 Å². The predicted molar refractivity (Wildman–Crippen MR) is 239 cm³/mol. The van der Waals surface area contributed by atoms with Gasteiger partial charge in [0.2, 0.25) is 12.0 Å². The Morgan fingerprint density at radius 2 is 1.42 bits per heavy atom. The number of ether oxygens (including phenoxy) is 2. The summed E-state index contributed by atoms with van der Waals surface area (Å²) in [4.78, 5) is 70.3. The van der Waals surface area contributed by atoms with Crippen LogP contribution in [-0.2, 0) is 19.1 Å². The third kappa shape index (κ3) is 8.70. The normalized spacial score (nSPS) is 18.4. The number of benzene rings is 4. The van der Waals surface area contributed by atoms with Crippen molar-refractivity contribution in [1.82, 2.24) is 30.0 Å². The van der Waals surface area contributed by atoms with Gasteiger partial charge in [-0.1, -0.05) is 92.7 Å². The number of methoxy groups -OCH3 is 1. The monoisotopic (exact) mass is 835 g/mol. The lowest BCUT2D eigenvalue weighted by Gasteiger charge is -2.30. The molecule has 0 bridgehead atoms. The average molecular weight is 836 g/mol. The Bertz CT molecular complexity index is 2530. The number of carbonyl (C=O) groups excluding carboxylic acids is 4. The van der Waals surface area contributed by atoms with Gasteiger partial charge in [-0.2, -0.15) is 0 Å². The van der Waals surface area contributed by atoms with Crippen LogP contribution < -0.4 is 5.32 Å². The van der Waals surface area contributed by atoms with Gasteiger partial charge in [0.1, 0.15) is 11.9 Å². The highest BCUT2D eigenvalue weighted by Gasteiger charge is 2.40. The number of carbonyl (C=O) groups is 4. The maximum Gasteiger partial charge on any atom is 0.410 e. The van der Waals surface area contributed by atoms with E-state index in [1.807, 2.05) is 66.4 Å². The first-order chi connectivity index (χ1) is 30.0. The van der Waals surface area contributed by atoms with Crippen molar-refractivity contribution in [3.05, 3.63) is 120 Å². The highest BCUT2D eigenvalue weighted by molar-refractivity contribution is 6.04. The van der Waals surface area contributed by atoms with E-state index in [-0.39, 0.29) is 29.8 Å². The van der Waals surface area contributed by atoms with Crippen molar-refractivity contribution in [2.24, 2.45) is 10.9 Å². The number of aromatic nitrogens is 2. The fraction of sp³-hybridized carbons (Fsp3) is 0.347. The number of imidazole rings is 1. The van der Waals surface area contributed by atoms with Crippen LogP contribution in [0, 0.1) is 5.92 Å².